The molecule has 0 saturated carbocycles. The fourth-order valence-electron chi connectivity index (χ4n) is 3.24. The number of thioether (sulfide) groups is 1. The summed E-state index contributed by atoms with van der Waals surface area (Å²) in [5, 5.41) is 9.98. The van der Waals surface area contributed by atoms with Gasteiger partial charge in [0, 0.05) is 34.1 Å². The molecule has 3 heterocycles. The molecule has 0 aliphatic carbocycles. The Labute approximate surface area is 155 Å². The van der Waals surface area contributed by atoms with Gasteiger partial charge in [-0.3, -0.25) is 9.20 Å². The van der Waals surface area contributed by atoms with Crippen molar-refractivity contribution in [1.82, 2.24) is 24.6 Å². The molecule has 7 heteroatoms. The van der Waals surface area contributed by atoms with E-state index in [1.807, 2.05) is 42.6 Å². The predicted octanol–water partition coefficient (Wildman–Crippen LogP) is 3.76. The predicted molar refractivity (Wildman–Crippen MR) is 103 cm³/mol. The quantitative estimate of drug-likeness (QED) is 0.430. The zero-order valence-electron chi connectivity index (χ0n) is 14.9. The van der Waals surface area contributed by atoms with Crippen molar-refractivity contribution in [1.29, 1.82) is 0 Å². The maximum Gasteiger partial charge on any atom is 0.256 e. The first kappa shape index (κ1) is 16.8. The van der Waals surface area contributed by atoms with Crippen LogP contribution in [-0.4, -0.2) is 36.1 Å². The SMILES string of the molecule is CCc1cccc2c(C(=O)CSc3nnc4nc(C)cc(C)n34)c[nH]c12. The van der Waals surface area contributed by atoms with Crippen LogP contribution in [0, 0.1) is 13.8 Å². The lowest BCUT2D eigenvalue weighted by molar-refractivity contribution is 0.102. The Kier molecular flexibility index (Phi) is 4.24. The molecule has 26 heavy (non-hydrogen) atoms. The van der Waals surface area contributed by atoms with Crippen molar-refractivity contribution in [2.45, 2.75) is 32.3 Å². The Morgan fingerprint density at radius 3 is 2.92 bits per heavy atom. The summed E-state index contributed by atoms with van der Waals surface area (Å²) in [6.07, 6.45) is 2.74. The summed E-state index contributed by atoms with van der Waals surface area (Å²) in [7, 11) is 0. The Morgan fingerprint density at radius 2 is 2.12 bits per heavy atom. The summed E-state index contributed by atoms with van der Waals surface area (Å²) in [6, 6.07) is 8.06. The molecule has 0 radical (unpaired) electrons. The zero-order valence-corrected chi connectivity index (χ0v) is 15.7. The second kappa shape index (κ2) is 6.57. The third-order valence-corrected chi connectivity index (χ3v) is 5.41. The molecule has 0 atom stereocenters. The minimum atomic E-state index is 0.0731. The van der Waals surface area contributed by atoms with Gasteiger partial charge in [-0.25, -0.2) is 4.98 Å². The van der Waals surface area contributed by atoms with Crippen LogP contribution in [0.25, 0.3) is 16.7 Å². The number of carbonyl (C=O) groups is 1. The van der Waals surface area contributed by atoms with Gasteiger partial charge in [0.1, 0.15) is 0 Å². The number of ketones is 1. The lowest BCUT2D eigenvalue weighted by atomic mass is 10.1. The van der Waals surface area contributed by atoms with E-state index in [0.717, 1.165) is 34.3 Å². The van der Waals surface area contributed by atoms with Crippen LogP contribution in [0.2, 0.25) is 0 Å². The number of Topliss-reactive ketones (excluding diaryl/α,β-unsaturated/α-hetero) is 1. The third-order valence-electron chi connectivity index (χ3n) is 4.48. The number of para-hydroxylation sites is 1. The van der Waals surface area contributed by atoms with E-state index in [-0.39, 0.29) is 5.78 Å². The summed E-state index contributed by atoms with van der Waals surface area (Å²) >= 11 is 1.39. The molecule has 0 saturated heterocycles. The lowest BCUT2D eigenvalue weighted by Gasteiger charge is -2.04. The minimum Gasteiger partial charge on any atom is -0.360 e. The molecule has 4 aromatic rings. The number of carbonyl (C=O) groups excluding carboxylic acids is 1. The number of hydrogen-bond donors (Lipinski definition) is 1. The van der Waals surface area contributed by atoms with Gasteiger partial charge >= 0.3 is 0 Å². The number of rotatable bonds is 5. The van der Waals surface area contributed by atoms with Gasteiger partial charge in [0.15, 0.2) is 10.9 Å². The van der Waals surface area contributed by atoms with Gasteiger partial charge in [0.2, 0.25) is 0 Å². The van der Waals surface area contributed by atoms with E-state index in [0.29, 0.717) is 16.7 Å². The third kappa shape index (κ3) is 2.78. The van der Waals surface area contributed by atoms with Gasteiger partial charge < -0.3 is 4.98 Å². The molecule has 4 rings (SSSR count). The second-order valence-corrected chi connectivity index (χ2v) is 7.21. The van der Waals surface area contributed by atoms with E-state index in [1.54, 1.807) is 0 Å². The van der Waals surface area contributed by atoms with Crippen LogP contribution in [0.15, 0.2) is 35.6 Å². The number of nitrogens with one attached hydrogen (secondary N) is 1. The molecule has 3 aromatic heterocycles. The number of aromatic nitrogens is 5. The molecule has 0 aliphatic rings. The number of hydrogen-bond acceptors (Lipinski definition) is 5. The molecule has 0 unspecified atom stereocenters. The first-order chi connectivity index (χ1) is 12.6. The van der Waals surface area contributed by atoms with Crippen LogP contribution in [0.4, 0.5) is 0 Å². The van der Waals surface area contributed by atoms with E-state index in [1.165, 1.54) is 17.3 Å². The van der Waals surface area contributed by atoms with Crippen molar-refractivity contribution < 1.29 is 4.79 Å². The van der Waals surface area contributed by atoms with Gasteiger partial charge in [-0.1, -0.05) is 36.9 Å². The Balaban J connectivity index is 1.60. The van der Waals surface area contributed by atoms with Crippen LogP contribution in [0.1, 0.15) is 34.2 Å². The van der Waals surface area contributed by atoms with Crippen LogP contribution in [-0.2, 0) is 6.42 Å². The van der Waals surface area contributed by atoms with Gasteiger partial charge in [-0.2, -0.15) is 0 Å². The first-order valence-electron chi connectivity index (χ1n) is 8.53. The summed E-state index contributed by atoms with van der Waals surface area (Å²) in [4.78, 5) is 20.4. The molecular weight excluding hydrogens is 346 g/mol. The summed E-state index contributed by atoms with van der Waals surface area (Å²) < 4.78 is 1.88. The van der Waals surface area contributed by atoms with Crippen molar-refractivity contribution in [3.05, 3.63) is 53.0 Å². The Morgan fingerprint density at radius 1 is 1.27 bits per heavy atom. The van der Waals surface area contributed by atoms with Gasteiger partial charge in [-0.05, 0) is 31.9 Å². The van der Waals surface area contributed by atoms with Crippen LogP contribution >= 0.6 is 11.8 Å². The van der Waals surface area contributed by atoms with Crippen molar-refractivity contribution in [3.63, 3.8) is 0 Å². The number of fused-ring (bicyclic) bond motifs is 2. The number of benzene rings is 1. The van der Waals surface area contributed by atoms with E-state index < -0.39 is 0 Å². The second-order valence-electron chi connectivity index (χ2n) is 6.26. The maximum atomic E-state index is 12.8. The molecule has 132 valence electrons. The first-order valence-corrected chi connectivity index (χ1v) is 9.51. The number of nitrogens with zero attached hydrogens (tertiary/aromatic N) is 4. The topological polar surface area (TPSA) is 75.9 Å². The molecule has 0 bridgehead atoms. The molecule has 6 nitrogen and oxygen atoms in total. The molecule has 1 N–H and O–H groups in total. The summed E-state index contributed by atoms with van der Waals surface area (Å²) in [6.45, 7) is 6.03. The zero-order chi connectivity index (χ0) is 18.3. The largest absolute Gasteiger partial charge is 0.360 e. The molecule has 1 aromatic carbocycles. The van der Waals surface area contributed by atoms with Gasteiger partial charge in [0.25, 0.3) is 5.78 Å². The van der Waals surface area contributed by atoms with Crippen LogP contribution in [0.5, 0.6) is 0 Å². The smallest absolute Gasteiger partial charge is 0.256 e. The summed E-state index contributed by atoms with van der Waals surface area (Å²) in [5.74, 6) is 0.943. The molecule has 0 spiro atoms. The van der Waals surface area contributed by atoms with E-state index in [2.05, 4.69) is 33.2 Å². The van der Waals surface area contributed by atoms with E-state index >= 15 is 0 Å². The Bertz CT molecular complexity index is 1130. The minimum absolute atomic E-state index is 0.0731. The Hall–Kier alpha value is -2.67. The van der Waals surface area contributed by atoms with Crippen molar-refractivity contribution in [2.24, 2.45) is 0 Å². The normalized spacial score (nSPS) is 11.5. The summed E-state index contributed by atoms with van der Waals surface area (Å²) in [5.41, 5.74) is 4.90. The van der Waals surface area contributed by atoms with Gasteiger partial charge in [0.05, 0.1) is 5.75 Å². The van der Waals surface area contributed by atoms with Gasteiger partial charge in [-0.15, -0.1) is 10.2 Å². The standard InChI is InChI=1S/C19H19N5OS/c1-4-13-6-5-7-14-15(9-20-17(13)14)16(25)10-26-19-23-22-18-21-11(2)8-12(3)24(18)19/h5-9,20H,4,10H2,1-3H3. The van der Waals surface area contributed by atoms with Crippen LogP contribution in [0.3, 0.4) is 0 Å². The number of H-pyrrole nitrogens is 1. The lowest BCUT2D eigenvalue weighted by Crippen LogP contribution is -2.03. The highest BCUT2D eigenvalue weighted by molar-refractivity contribution is 7.99. The highest BCUT2D eigenvalue weighted by Crippen LogP contribution is 2.25. The fourth-order valence-corrected chi connectivity index (χ4v) is 4.11. The highest BCUT2D eigenvalue weighted by Gasteiger charge is 2.16. The molecule has 0 amide bonds. The number of aromatic amines is 1. The average molecular weight is 365 g/mol. The maximum absolute atomic E-state index is 12.8. The van der Waals surface area contributed by atoms with Crippen LogP contribution < -0.4 is 0 Å². The number of aryl methyl sites for hydroxylation is 3. The molecule has 0 aliphatic heterocycles. The molecular formula is C19H19N5OS. The highest BCUT2D eigenvalue weighted by atomic mass is 32.2. The average Bonchev–Trinajstić information content (AvgIpc) is 3.23. The van der Waals surface area contributed by atoms with Crippen molar-refractivity contribution in [2.75, 3.05) is 5.75 Å². The fraction of sp³-hybridized carbons (Fsp3) is 0.263. The molecule has 0 fully saturated rings. The van der Waals surface area contributed by atoms with Crippen molar-refractivity contribution in [3.8, 4) is 0 Å². The van der Waals surface area contributed by atoms with Crippen molar-refractivity contribution >= 4 is 34.2 Å². The van der Waals surface area contributed by atoms with E-state index in [9.17, 15) is 4.79 Å². The monoisotopic (exact) mass is 365 g/mol. The van der Waals surface area contributed by atoms with E-state index in [4.69, 9.17) is 0 Å².